The summed E-state index contributed by atoms with van der Waals surface area (Å²) in [5, 5.41) is 14.9. The van der Waals surface area contributed by atoms with E-state index in [9.17, 15) is 10.1 Å². The highest BCUT2D eigenvalue weighted by atomic mass is 79.9. The predicted octanol–water partition coefficient (Wildman–Crippen LogP) is 3.64. The zero-order valence-corrected chi connectivity index (χ0v) is 16.7. The summed E-state index contributed by atoms with van der Waals surface area (Å²) in [5.41, 5.74) is 1.76. The van der Waals surface area contributed by atoms with Crippen LogP contribution < -0.4 is 20.1 Å². The molecule has 0 unspecified atom stereocenters. The van der Waals surface area contributed by atoms with E-state index in [0.29, 0.717) is 24.5 Å². The van der Waals surface area contributed by atoms with Gasteiger partial charge in [0, 0.05) is 22.9 Å². The van der Waals surface area contributed by atoms with Crippen LogP contribution in [-0.4, -0.2) is 26.7 Å². The minimum absolute atomic E-state index is 0.00212. The molecule has 0 aliphatic heterocycles. The summed E-state index contributed by atoms with van der Waals surface area (Å²) in [4.78, 5) is 12.2. The molecule has 0 spiro atoms. The van der Waals surface area contributed by atoms with Gasteiger partial charge in [0.2, 0.25) is 0 Å². The number of anilines is 1. The third kappa shape index (κ3) is 6.04. The van der Waals surface area contributed by atoms with Gasteiger partial charge in [0.25, 0.3) is 5.91 Å². The first-order valence-electron chi connectivity index (χ1n) is 8.19. The second-order valence-corrected chi connectivity index (χ2v) is 6.44. The number of ether oxygens (including phenoxy) is 2. The lowest BCUT2D eigenvalue weighted by molar-refractivity contribution is -0.117. The fourth-order valence-electron chi connectivity index (χ4n) is 2.33. The summed E-state index contributed by atoms with van der Waals surface area (Å²) < 4.78 is 11.4. The van der Waals surface area contributed by atoms with Crippen molar-refractivity contribution in [2.75, 3.05) is 26.1 Å². The van der Waals surface area contributed by atoms with Gasteiger partial charge in [-0.15, -0.1) is 0 Å². The largest absolute Gasteiger partial charge is 0.493 e. The Balaban J connectivity index is 1.91. The molecule has 0 saturated heterocycles. The number of nitriles is 1. The molecule has 2 rings (SSSR count). The van der Waals surface area contributed by atoms with Crippen molar-refractivity contribution in [2.24, 2.45) is 0 Å². The van der Waals surface area contributed by atoms with Gasteiger partial charge in [-0.05, 0) is 42.3 Å². The van der Waals surface area contributed by atoms with E-state index < -0.39 is 5.91 Å². The van der Waals surface area contributed by atoms with Crippen molar-refractivity contribution in [1.29, 1.82) is 5.26 Å². The average Bonchev–Trinajstić information content (AvgIpc) is 2.68. The van der Waals surface area contributed by atoms with Crippen molar-refractivity contribution in [3.63, 3.8) is 0 Å². The molecular formula is C20H20BrN3O3. The Bertz CT molecular complexity index is 875. The number of carbonyl (C=O) groups excluding carboxylic acids is 1. The Morgan fingerprint density at radius 1 is 1.19 bits per heavy atom. The van der Waals surface area contributed by atoms with Gasteiger partial charge in [-0.2, -0.15) is 5.26 Å². The Hall–Kier alpha value is -2.98. The lowest BCUT2D eigenvalue weighted by Crippen LogP contribution is -2.27. The molecule has 2 aromatic carbocycles. The van der Waals surface area contributed by atoms with Crippen LogP contribution in [0.4, 0.5) is 5.69 Å². The van der Waals surface area contributed by atoms with Crippen LogP contribution in [0.3, 0.4) is 0 Å². The molecule has 0 heterocycles. The van der Waals surface area contributed by atoms with Crippen LogP contribution in [0.2, 0.25) is 0 Å². The van der Waals surface area contributed by atoms with Crippen LogP contribution in [-0.2, 0) is 11.2 Å². The van der Waals surface area contributed by atoms with Gasteiger partial charge in [-0.1, -0.05) is 28.1 Å². The standard InChI is InChI=1S/C20H20BrN3O3/c1-26-18-7-6-14(10-19(18)27-2)8-9-23-20(25)15(12-22)13-24-17-5-3-4-16(21)11-17/h3-7,10-11,13,24H,8-9H2,1-2H3,(H,23,25)/b15-13-. The Labute approximate surface area is 166 Å². The summed E-state index contributed by atoms with van der Waals surface area (Å²) >= 11 is 3.37. The van der Waals surface area contributed by atoms with Crippen molar-refractivity contribution in [2.45, 2.75) is 6.42 Å². The van der Waals surface area contributed by atoms with Crippen LogP contribution in [0.5, 0.6) is 11.5 Å². The first kappa shape index (κ1) is 20.3. The van der Waals surface area contributed by atoms with E-state index in [1.165, 1.54) is 6.20 Å². The van der Waals surface area contributed by atoms with E-state index in [4.69, 9.17) is 9.47 Å². The molecule has 0 radical (unpaired) electrons. The maximum atomic E-state index is 12.2. The van der Waals surface area contributed by atoms with Crippen molar-refractivity contribution >= 4 is 27.5 Å². The summed E-state index contributed by atoms with van der Waals surface area (Å²) in [6, 6.07) is 14.9. The number of rotatable bonds is 8. The smallest absolute Gasteiger partial charge is 0.263 e. The summed E-state index contributed by atoms with van der Waals surface area (Å²) in [5.74, 6) is 0.858. The Kier molecular flexibility index (Phi) is 7.71. The highest BCUT2D eigenvalue weighted by Crippen LogP contribution is 2.27. The van der Waals surface area contributed by atoms with Gasteiger partial charge in [-0.3, -0.25) is 4.79 Å². The minimum Gasteiger partial charge on any atom is -0.493 e. The highest BCUT2D eigenvalue weighted by molar-refractivity contribution is 9.10. The highest BCUT2D eigenvalue weighted by Gasteiger charge is 2.09. The Morgan fingerprint density at radius 3 is 2.63 bits per heavy atom. The number of benzene rings is 2. The number of methoxy groups -OCH3 is 2. The van der Waals surface area contributed by atoms with Gasteiger partial charge >= 0.3 is 0 Å². The van der Waals surface area contributed by atoms with Crippen LogP contribution in [0.15, 0.2) is 58.7 Å². The fraction of sp³-hybridized carbons (Fsp3) is 0.200. The zero-order valence-electron chi connectivity index (χ0n) is 15.1. The van der Waals surface area contributed by atoms with E-state index in [1.807, 2.05) is 48.5 Å². The third-order valence-electron chi connectivity index (χ3n) is 3.72. The van der Waals surface area contributed by atoms with Crippen molar-refractivity contribution < 1.29 is 14.3 Å². The molecule has 0 saturated carbocycles. The van der Waals surface area contributed by atoms with Crippen molar-refractivity contribution in [1.82, 2.24) is 5.32 Å². The van der Waals surface area contributed by atoms with E-state index in [2.05, 4.69) is 26.6 Å². The number of nitrogens with one attached hydrogen (secondary N) is 2. The molecule has 2 aromatic rings. The van der Waals surface area contributed by atoms with Gasteiger partial charge in [-0.25, -0.2) is 0 Å². The molecule has 0 atom stereocenters. The molecular weight excluding hydrogens is 410 g/mol. The first-order valence-corrected chi connectivity index (χ1v) is 8.98. The molecule has 7 heteroatoms. The lowest BCUT2D eigenvalue weighted by atomic mass is 10.1. The summed E-state index contributed by atoms with van der Waals surface area (Å²) in [7, 11) is 3.15. The molecule has 0 aliphatic carbocycles. The maximum absolute atomic E-state index is 12.2. The lowest BCUT2D eigenvalue weighted by Gasteiger charge is -2.10. The number of hydrogen-bond acceptors (Lipinski definition) is 5. The number of carbonyl (C=O) groups is 1. The molecule has 27 heavy (non-hydrogen) atoms. The van der Waals surface area contributed by atoms with Gasteiger partial charge < -0.3 is 20.1 Å². The van der Waals surface area contributed by atoms with Crippen molar-refractivity contribution in [3.8, 4) is 17.6 Å². The van der Waals surface area contributed by atoms with E-state index in [-0.39, 0.29) is 5.57 Å². The zero-order chi connectivity index (χ0) is 19.6. The molecule has 6 nitrogen and oxygen atoms in total. The molecule has 0 aromatic heterocycles. The second-order valence-electron chi connectivity index (χ2n) is 5.52. The van der Waals surface area contributed by atoms with Gasteiger partial charge in [0.15, 0.2) is 11.5 Å². The number of hydrogen-bond donors (Lipinski definition) is 2. The third-order valence-corrected chi connectivity index (χ3v) is 4.21. The predicted molar refractivity (Wildman–Crippen MR) is 108 cm³/mol. The van der Waals surface area contributed by atoms with Crippen LogP contribution in [0, 0.1) is 11.3 Å². The van der Waals surface area contributed by atoms with E-state index >= 15 is 0 Å². The Morgan fingerprint density at radius 2 is 1.96 bits per heavy atom. The monoisotopic (exact) mass is 429 g/mol. The van der Waals surface area contributed by atoms with Gasteiger partial charge in [0.1, 0.15) is 11.6 Å². The quantitative estimate of drug-likeness (QED) is 0.494. The molecule has 0 fully saturated rings. The SMILES string of the molecule is COc1ccc(CCNC(=O)/C(C#N)=C\Nc2cccc(Br)c2)cc1OC. The topological polar surface area (TPSA) is 83.4 Å². The van der Waals surface area contributed by atoms with Crippen LogP contribution in [0.1, 0.15) is 5.56 Å². The molecule has 2 N–H and O–H groups in total. The fourth-order valence-corrected chi connectivity index (χ4v) is 2.73. The van der Waals surface area contributed by atoms with E-state index in [1.54, 1.807) is 14.2 Å². The van der Waals surface area contributed by atoms with Crippen molar-refractivity contribution in [3.05, 3.63) is 64.3 Å². The van der Waals surface area contributed by atoms with Gasteiger partial charge in [0.05, 0.1) is 14.2 Å². The number of nitrogens with zero attached hydrogens (tertiary/aromatic N) is 1. The number of amides is 1. The summed E-state index contributed by atoms with van der Waals surface area (Å²) in [6.07, 6.45) is 2.00. The number of halogens is 1. The van der Waals surface area contributed by atoms with Crippen LogP contribution in [0.25, 0.3) is 0 Å². The maximum Gasteiger partial charge on any atom is 0.263 e. The average molecular weight is 430 g/mol. The molecule has 140 valence electrons. The van der Waals surface area contributed by atoms with Crippen LogP contribution >= 0.6 is 15.9 Å². The van der Waals surface area contributed by atoms with E-state index in [0.717, 1.165) is 15.7 Å². The molecule has 1 amide bonds. The molecule has 0 bridgehead atoms. The first-order chi connectivity index (χ1) is 13.1. The second kappa shape index (κ2) is 10.2. The summed E-state index contributed by atoms with van der Waals surface area (Å²) in [6.45, 7) is 0.393. The minimum atomic E-state index is -0.430. The molecule has 0 aliphatic rings. The normalized spacial score (nSPS) is 10.7.